The third-order valence-corrected chi connectivity index (χ3v) is 1.52. The van der Waals surface area contributed by atoms with Crippen molar-refractivity contribution in [1.29, 1.82) is 0 Å². The first-order chi connectivity index (χ1) is 4.20. The molecule has 9 heavy (non-hydrogen) atoms. The summed E-state index contributed by atoms with van der Waals surface area (Å²) in [7, 11) is 0. The molecule has 4 nitrogen and oxygen atoms in total. The molecular weight excluding hydrogens is 140 g/mol. The van der Waals surface area contributed by atoms with Gasteiger partial charge in [-0.3, -0.25) is 9.01 Å². The van der Waals surface area contributed by atoms with Crippen LogP contribution in [-0.2, 0) is 15.6 Å². The predicted octanol–water partition coefficient (Wildman–Crippen LogP) is 0.154. The lowest BCUT2D eigenvalue weighted by atomic mass is 10.2. The maximum Gasteiger partial charge on any atom is 0.338 e. The highest BCUT2D eigenvalue weighted by molar-refractivity contribution is 7.79. The fourth-order valence-corrected chi connectivity index (χ4v) is 1.05. The minimum atomic E-state index is -1.43. The molecule has 1 heterocycles. The van der Waals surface area contributed by atoms with E-state index < -0.39 is 11.3 Å². The van der Waals surface area contributed by atoms with Crippen molar-refractivity contribution in [2.24, 2.45) is 11.1 Å². The molecule has 1 atom stereocenters. The van der Waals surface area contributed by atoms with E-state index in [0.717, 1.165) is 0 Å². The molecule has 0 aromatic carbocycles. The van der Waals surface area contributed by atoms with Gasteiger partial charge in [0, 0.05) is 5.92 Å². The number of hydrogen-bond donors (Lipinski definition) is 1. The van der Waals surface area contributed by atoms with Crippen molar-refractivity contribution in [1.82, 2.24) is 4.72 Å². The van der Waals surface area contributed by atoms with Gasteiger partial charge < -0.3 is 0 Å². The molecule has 5 heteroatoms. The minimum Gasteiger partial charge on any atom is -0.269 e. The summed E-state index contributed by atoms with van der Waals surface area (Å²) < 4.78 is 17.4. The van der Waals surface area contributed by atoms with Gasteiger partial charge in [-0.2, -0.15) is 4.21 Å². The zero-order chi connectivity index (χ0) is 6.85. The second-order valence-electron chi connectivity index (χ2n) is 2.04. The quantitative estimate of drug-likeness (QED) is 0.575. The van der Waals surface area contributed by atoms with Crippen LogP contribution in [-0.4, -0.2) is 10.0 Å². The molecule has 0 aliphatic carbocycles. The summed E-state index contributed by atoms with van der Waals surface area (Å²) in [5.41, 5.74) is 0. The number of amidine groups is 1. The van der Waals surface area contributed by atoms with Crippen LogP contribution in [0.1, 0.15) is 13.8 Å². The van der Waals surface area contributed by atoms with Gasteiger partial charge in [-0.25, -0.2) is 0 Å². The minimum absolute atomic E-state index is 0.247. The van der Waals surface area contributed by atoms with Crippen molar-refractivity contribution in [2.75, 3.05) is 0 Å². The molecule has 1 aliphatic heterocycles. The van der Waals surface area contributed by atoms with Gasteiger partial charge in [0.1, 0.15) is 0 Å². The zero-order valence-electron chi connectivity index (χ0n) is 5.25. The van der Waals surface area contributed by atoms with Crippen LogP contribution >= 0.6 is 0 Å². The van der Waals surface area contributed by atoms with Crippen molar-refractivity contribution < 1.29 is 8.49 Å². The maximum absolute atomic E-state index is 10.4. The van der Waals surface area contributed by atoms with Gasteiger partial charge in [0.2, 0.25) is 0 Å². The third kappa shape index (κ3) is 1.41. The summed E-state index contributed by atoms with van der Waals surface area (Å²) in [5, 5.41) is 3.52. The maximum atomic E-state index is 10.4. The lowest BCUT2D eigenvalue weighted by molar-refractivity contribution is 0.383. The summed E-state index contributed by atoms with van der Waals surface area (Å²) in [6.07, 6.45) is 0. The first-order valence-corrected chi connectivity index (χ1v) is 3.71. The smallest absolute Gasteiger partial charge is 0.269 e. The van der Waals surface area contributed by atoms with Crippen LogP contribution in [0.15, 0.2) is 5.16 Å². The van der Waals surface area contributed by atoms with E-state index in [0.29, 0.717) is 5.84 Å². The number of nitrogens with one attached hydrogen (secondary N) is 1. The molecule has 0 amide bonds. The Labute approximate surface area is 56.1 Å². The summed E-state index contributed by atoms with van der Waals surface area (Å²) in [6.45, 7) is 3.88. The molecule has 0 saturated heterocycles. The molecule has 0 aromatic rings. The van der Waals surface area contributed by atoms with Crippen LogP contribution in [0, 0.1) is 5.92 Å². The second-order valence-corrected chi connectivity index (χ2v) is 2.87. The van der Waals surface area contributed by atoms with Gasteiger partial charge in [-0.05, 0) is 0 Å². The summed E-state index contributed by atoms with van der Waals surface area (Å²) in [4.78, 5) is 0. The van der Waals surface area contributed by atoms with Crippen molar-refractivity contribution in [3.63, 3.8) is 0 Å². The van der Waals surface area contributed by atoms with Gasteiger partial charge >= 0.3 is 11.3 Å². The van der Waals surface area contributed by atoms with Crippen molar-refractivity contribution in [3.05, 3.63) is 0 Å². The fraction of sp³-hybridized carbons (Fsp3) is 0.750. The van der Waals surface area contributed by atoms with Crippen LogP contribution in [0.2, 0.25) is 0 Å². The predicted molar refractivity (Wildman–Crippen MR) is 34.6 cm³/mol. The van der Waals surface area contributed by atoms with E-state index in [9.17, 15) is 4.21 Å². The van der Waals surface area contributed by atoms with E-state index in [1.807, 2.05) is 13.8 Å². The molecule has 0 bridgehead atoms. The molecule has 0 saturated carbocycles. The van der Waals surface area contributed by atoms with Gasteiger partial charge in [-0.15, -0.1) is 0 Å². The van der Waals surface area contributed by atoms with E-state index in [1.54, 1.807) is 0 Å². The van der Waals surface area contributed by atoms with Gasteiger partial charge in [0.15, 0.2) is 5.84 Å². The Kier molecular flexibility index (Phi) is 1.70. The first kappa shape index (κ1) is 6.54. The van der Waals surface area contributed by atoms with E-state index in [4.69, 9.17) is 0 Å². The highest BCUT2D eigenvalue weighted by atomic mass is 32.2. The fourth-order valence-electron chi connectivity index (χ4n) is 0.420. The normalized spacial score (nSPS) is 25.2. The zero-order valence-corrected chi connectivity index (χ0v) is 6.07. The van der Waals surface area contributed by atoms with Crippen LogP contribution in [0.4, 0.5) is 0 Å². The van der Waals surface area contributed by atoms with E-state index in [2.05, 4.69) is 14.2 Å². The standard InChI is InChI=1S/C4H8N2O2S/c1-3(2)4-5-8-9(7)6-4/h3H,1-2H3,(H,5,6). The molecular formula is C4H8N2O2S. The Morgan fingerprint density at radius 1 is 1.78 bits per heavy atom. The monoisotopic (exact) mass is 148 g/mol. The Morgan fingerprint density at radius 2 is 2.44 bits per heavy atom. The SMILES string of the molecule is CC(C)C1=NOS(=O)N1. The van der Waals surface area contributed by atoms with E-state index in [-0.39, 0.29) is 5.92 Å². The molecule has 0 radical (unpaired) electrons. The average Bonchev–Trinajstić information content (AvgIpc) is 2.14. The Bertz CT molecular complexity index is 166. The number of nitrogens with zero attached hydrogens (tertiary/aromatic N) is 1. The average molecular weight is 148 g/mol. The number of hydrogen-bond acceptors (Lipinski definition) is 3. The van der Waals surface area contributed by atoms with Crippen molar-refractivity contribution in [2.45, 2.75) is 13.8 Å². The van der Waals surface area contributed by atoms with Gasteiger partial charge in [-0.1, -0.05) is 19.0 Å². The highest BCUT2D eigenvalue weighted by Gasteiger charge is 2.16. The van der Waals surface area contributed by atoms with E-state index >= 15 is 0 Å². The topological polar surface area (TPSA) is 50.7 Å². The Balaban J connectivity index is 2.55. The highest BCUT2D eigenvalue weighted by Crippen LogP contribution is 2.02. The van der Waals surface area contributed by atoms with Crippen molar-refractivity contribution >= 4 is 17.1 Å². The number of rotatable bonds is 1. The largest absolute Gasteiger partial charge is 0.338 e. The molecule has 1 rings (SSSR count). The van der Waals surface area contributed by atoms with Gasteiger partial charge in [0.25, 0.3) is 0 Å². The molecule has 1 aliphatic rings. The Hall–Kier alpha value is -0.580. The lowest BCUT2D eigenvalue weighted by Gasteiger charge is -1.97. The van der Waals surface area contributed by atoms with Crippen LogP contribution in [0.3, 0.4) is 0 Å². The molecule has 0 fully saturated rings. The summed E-state index contributed by atoms with van der Waals surface area (Å²) in [6, 6.07) is 0. The van der Waals surface area contributed by atoms with Crippen LogP contribution < -0.4 is 4.72 Å². The third-order valence-electron chi connectivity index (χ3n) is 0.938. The molecule has 52 valence electrons. The first-order valence-electron chi connectivity index (χ1n) is 2.64. The summed E-state index contributed by atoms with van der Waals surface area (Å²) >= 11 is -1.43. The van der Waals surface area contributed by atoms with Gasteiger partial charge in [0.05, 0.1) is 0 Å². The van der Waals surface area contributed by atoms with Crippen LogP contribution in [0.25, 0.3) is 0 Å². The Morgan fingerprint density at radius 3 is 2.67 bits per heavy atom. The molecule has 0 spiro atoms. The number of oxime groups is 1. The molecule has 1 unspecified atom stereocenters. The second kappa shape index (κ2) is 2.34. The molecule has 0 aromatic heterocycles. The molecule has 1 N–H and O–H groups in total. The van der Waals surface area contributed by atoms with E-state index in [1.165, 1.54) is 0 Å². The summed E-state index contributed by atoms with van der Waals surface area (Å²) in [5.74, 6) is 0.893. The van der Waals surface area contributed by atoms with Crippen LogP contribution in [0.5, 0.6) is 0 Å². The van der Waals surface area contributed by atoms with Crippen molar-refractivity contribution in [3.8, 4) is 0 Å². The lowest BCUT2D eigenvalue weighted by Crippen LogP contribution is -2.23.